The molecule has 0 amide bonds. The highest BCUT2D eigenvalue weighted by molar-refractivity contribution is 5.37. The van der Waals surface area contributed by atoms with Crippen LogP contribution in [0.25, 0.3) is 0 Å². The van der Waals surface area contributed by atoms with E-state index in [0.29, 0.717) is 12.0 Å². The summed E-state index contributed by atoms with van der Waals surface area (Å²) in [5, 5.41) is 3.25. The number of rotatable bonds is 6. The predicted octanol–water partition coefficient (Wildman–Crippen LogP) is 3.70. The Bertz CT molecular complexity index is 347. The Balaban J connectivity index is 2.63. The first kappa shape index (κ1) is 14.0. The summed E-state index contributed by atoms with van der Waals surface area (Å²) in [5.74, 6) is 1.71. The molecule has 0 saturated heterocycles. The second-order valence-corrected chi connectivity index (χ2v) is 5.07. The van der Waals surface area contributed by atoms with Crippen molar-refractivity contribution in [1.82, 2.24) is 5.32 Å². The van der Waals surface area contributed by atoms with Crippen molar-refractivity contribution in [3.63, 3.8) is 0 Å². The van der Waals surface area contributed by atoms with Gasteiger partial charge < -0.3 is 10.1 Å². The van der Waals surface area contributed by atoms with Crippen molar-refractivity contribution < 1.29 is 4.74 Å². The number of aryl methyl sites for hydroxylation is 1. The van der Waals surface area contributed by atoms with Crippen molar-refractivity contribution in [3.05, 3.63) is 29.3 Å². The van der Waals surface area contributed by atoms with Crippen LogP contribution < -0.4 is 10.1 Å². The fourth-order valence-corrected chi connectivity index (χ4v) is 1.68. The van der Waals surface area contributed by atoms with Gasteiger partial charge in [0.1, 0.15) is 5.75 Å². The maximum Gasteiger partial charge on any atom is 0.122 e. The highest BCUT2D eigenvalue weighted by Gasteiger charge is 2.06. The second kappa shape index (κ2) is 6.65. The van der Waals surface area contributed by atoms with Crippen molar-refractivity contribution in [3.8, 4) is 5.75 Å². The maximum atomic E-state index is 5.80. The third-order valence-electron chi connectivity index (χ3n) is 3.08. The minimum Gasteiger partial charge on any atom is -0.493 e. The fourth-order valence-electron chi connectivity index (χ4n) is 1.68. The van der Waals surface area contributed by atoms with Gasteiger partial charge in [0.15, 0.2) is 0 Å². The summed E-state index contributed by atoms with van der Waals surface area (Å²) in [6, 6.07) is 6.81. The molecule has 0 heterocycles. The van der Waals surface area contributed by atoms with Gasteiger partial charge in [-0.2, -0.15) is 0 Å². The van der Waals surface area contributed by atoms with Gasteiger partial charge in [-0.05, 0) is 50.4 Å². The minimum atomic E-state index is 0.387. The van der Waals surface area contributed by atoms with E-state index in [-0.39, 0.29) is 0 Å². The molecule has 2 heteroatoms. The van der Waals surface area contributed by atoms with E-state index in [1.807, 2.05) is 7.05 Å². The van der Waals surface area contributed by atoms with Crippen molar-refractivity contribution in [1.29, 1.82) is 0 Å². The lowest BCUT2D eigenvalue weighted by Gasteiger charge is -2.15. The minimum absolute atomic E-state index is 0.387. The molecule has 1 unspecified atom stereocenters. The average molecular weight is 235 g/mol. The van der Waals surface area contributed by atoms with Gasteiger partial charge in [-0.3, -0.25) is 0 Å². The summed E-state index contributed by atoms with van der Waals surface area (Å²) in [7, 11) is 1.98. The monoisotopic (exact) mass is 235 g/mol. The molecular formula is C15H25NO. The normalized spacial score (nSPS) is 12.8. The third kappa shape index (κ3) is 4.39. The Hall–Kier alpha value is -1.02. The molecule has 0 saturated carbocycles. The molecular weight excluding hydrogens is 210 g/mol. The summed E-state index contributed by atoms with van der Waals surface area (Å²) in [5.41, 5.74) is 2.52. The van der Waals surface area contributed by atoms with E-state index in [4.69, 9.17) is 4.74 Å². The Kier molecular flexibility index (Phi) is 5.49. The molecule has 0 spiro atoms. The predicted molar refractivity (Wildman–Crippen MR) is 73.6 cm³/mol. The second-order valence-electron chi connectivity index (χ2n) is 5.07. The van der Waals surface area contributed by atoms with Gasteiger partial charge in [-0.1, -0.05) is 26.0 Å². The lowest BCUT2D eigenvalue weighted by molar-refractivity contribution is 0.287. The molecule has 1 aromatic carbocycles. The van der Waals surface area contributed by atoms with Gasteiger partial charge in [0.25, 0.3) is 0 Å². The molecule has 0 fully saturated rings. The molecule has 1 rings (SSSR count). The van der Waals surface area contributed by atoms with Gasteiger partial charge in [-0.15, -0.1) is 0 Å². The van der Waals surface area contributed by atoms with Gasteiger partial charge in [0, 0.05) is 6.04 Å². The lowest BCUT2D eigenvalue weighted by Crippen LogP contribution is -2.12. The van der Waals surface area contributed by atoms with Gasteiger partial charge >= 0.3 is 0 Å². The van der Waals surface area contributed by atoms with Gasteiger partial charge in [-0.25, -0.2) is 0 Å². The highest BCUT2D eigenvalue weighted by atomic mass is 16.5. The Morgan fingerprint density at radius 2 is 1.94 bits per heavy atom. The van der Waals surface area contributed by atoms with Gasteiger partial charge in [0.2, 0.25) is 0 Å². The molecule has 96 valence electrons. The van der Waals surface area contributed by atoms with Gasteiger partial charge in [0.05, 0.1) is 6.61 Å². The zero-order valence-electron chi connectivity index (χ0n) is 11.7. The van der Waals surface area contributed by atoms with E-state index >= 15 is 0 Å². The van der Waals surface area contributed by atoms with E-state index in [2.05, 4.69) is 51.2 Å². The molecule has 0 aromatic heterocycles. The number of ether oxygens (including phenoxy) is 1. The SMILES string of the molecule is CNC(C)c1ccc(OCCC(C)C)c(C)c1. The average Bonchev–Trinajstić information content (AvgIpc) is 2.29. The van der Waals surface area contributed by atoms with Crippen molar-refractivity contribution in [2.75, 3.05) is 13.7 Å². The molecule has 0 aliphatic carbocycles. The lowest BCUT2D eigenvalue weighted by atomic mass is 10.1. The first-order chi connectivity index (χ1) is 8.04. The molecule has 0 radical (unpaired) electrons. The Morgan fingerprint density at radius 1 is 1.24 bits per heavy atom. The summed E-state index contributed by atoms with van der Waals surface area (Å²) >= 11 is 0. The van der Waals surface area contributed by atoms with E-state index in [1.165, 1.54) is 11.1 Å². The van der Waals surface area contributed by atoms with Crippen LogP contribution in [0.15, 0.2) is 18.2 Å². The first-order valence-electron chi connectivity index (χ1n) is 6.45. The Labute approximate surface area is 105 Å². The van der Waals surface area contributed by atoms with E-state index in [1.54, 1.807) is 0 Å². The molecule has 0 aliphatic rings. The van der Waals surface area contributed by atoms with Crippen LogP contribution in [-0.4, -0.2) is 13.7 Å². The summed E-state index contributed by atoms with van der Waals surface area (Å²) in [6.07, 6.45) is 1.11. The van der Waals surface area contributed by atoms with E-state index in [0.717, 1.165) is 18.8 Å². The van der Waals surface area contributed by atoms with Crippen LogP contribution in [0.3, 0.4) is 0 Å². The van der Waals surface area contributed by atoms with Crippen LogP contribution >= 0.6 is 0 Å². The zero-order valence-corrected chi connectivity index (χ0v) is 11.7. The number of benzene rings is 1. The standard InChI is InChI=1S/C15H25NO/c1-11(2)8-9-17-15-7-6-14(10-12(15)3)13(4)16-5/h6-7,10-11,13,16H,8-9H2,1-5H3. The first-order valence-corrected chi connectivity index (χ1v) is 6.45. The summed E-state index contributed by atoms with van der Waals surface area (Å²) < 4.78 is 5.80. The zero-order chi connectivity index (χ0) is 12.8. The number of nitrogens with one attached hydrogen (secondary N) is 1. The number of hydrogen-bond donors (Lipinski definition) is 1. The van der Waals surface area contributed by atoms with Crippen LogP contribution in [-0.2, 0) is 0 Å². The molecule has 2 nitrogen and oxygen atoms in total. The smallest absolute Gasteiger partial charge is 0.122 e. The quantitative estimate of drug-likeness (QED) is 0.811. The molecule has 0 aliphatic heterocycles. The summed E-state index contributed by atoms with van der Waals surface area (Å²) in [4.78, 5) is 0. The largest absolute Gasteiger partial charge is 0.493 e. The summed E-state index contributed by atoms with van der Waals surface area (Å²) in [6.45, 7) is 9.51. The highest BCUT2D eigenvalue weighted by Crippen LogP contribution is 2.22. The topological polar surface area (TPSA) is 21.3 Å². The fraction of sp³-hybridized carbons (Fsp3) is 0.600. The third-order valence-corrected chi connectivity index (χ3v) is 3.08. The van der Waals surface area contributed by atoms with Crippen LogP contribution in [0.4, 0.5) is 0 Å². The molecule has 1 atom stereocenters. The van der Waals surface area contributed by atoms with Crippen LogP contribution in [0.5, 0.6) is 5.75 Å². The van der Waals surface area contributed by atoms with Crippen molar-refractivity contribution >= 4 is 0 Å². The molecule has 1 aromatic rings. The van der Waals surface area contributed by atoms with Crippen molar-refractivity contribution in [2.45, 2.75) is 40.2 Å². The van der Waals surface area contributed by atoms with E-state index < -0.39 is 0 Å². The molecule has 0 bridgehead atoms. The van der Waals surface area contributed by atoms with Crippen LogP contribution in [0, 0.1) is 12.8 Å². The van der Waals surface area contributed by atoms with E-state index in [9.17, 15) is 0 Å². The number of hydrogen-bond acceptors (Lipinski definition) is 2. The van der Waals surface area contributed by atoms with Crippen molar-refractivity contribution in [2.24, 2.45) is 5.92 Å². The molecule has 17 heavy (non-hydrogen) atoms. The maximum absolute atomic E-state index is 5.80. The van der Waals surface area contributed by atoms with Crippen LogP contribution in [0.2, 0.25) is 0 Å². The Morgan fingerprint density at radius 3 is 2.47 bits per heavy atom. The molecule has 1 N–H and O–H groups in total. The van der Waals surface area contributed by atoms with Crippen LogP contribution in [0.1, 0.15) is 44.4 Å².